The lowest BCUT2D eigenvalue weighted by Crippen LogP contribution is -2.34. The van der Waals surface area contributed by atoms with E-state index in [-0.39, 0.29) is 5.41 Å². The standard InChI is InChI=1S/C39H60N2/c1-4-6-7-8-9-10-11-12-13-14-15-16-17-18-19-26-32-41-33-31-40-38(41)37(5-2)39(3,36-29-24-21-25-30-36)34-35-27-22-20-23-28-35/h20-25,27-31,33,37H,4-19,26,32,34H2,1-3H3. The molecule has 2 heteroatoms. The highest BCUT2D eigenvalue weighted by Crippen LogP contribution is 2.43. The Morgan fingerprint density at radius 1 is 0.634 bits per heavy atom. The van der Waals surface area contributed by atoms with Crippen molar-refractivity contribution >= 4 is 0 Å². The fourth-order valence-electron chi connectivity index (χ4n) is 6.83. The van der Waals surface area contributed by atoms with E-state index in [0.717, 1.165) is 19.4 Å². The van der Waals surface area contributed by atoms with E-state index < -0.39 is 0 Å². The fourth-order valence-corrected chi connectivity index (χ4v) is 6.83. The summed E-state index contributed by atoms with van der Waals surface area (Å²) in [7, 11) is 0. The molecule has 0 aliphatic rings. The van der Waals surface area contributed by atoms with Crippen LogP contribution in [0.4, 0.5) is 0 Å². The van der Waals surface area contributed by atoms with Gasteiger partial charge in [0, 0.05) is 30.3 Å². The predicted octanol–water partition coefficient (Wildman–Crippen LogP) is 11.8. The Morgan fingerprint density at radius 2 is 1.12 bits per heavy atom. The van der Waals surface area contributed by atoms with Gasteiger partial charge >= 0.3 is 0 Å². The highest BCUT2D eigenvalue weighted by Gasteiger charge is 2.38. The normalized spacial score (nSPS) is 13.7. The molecule has 0 saturated carbocycles. The summed E-state index contributed by atoms with van der Waals surface area (Å²) in [5.41, 5.74) is 2.79. The van der Waals surface area contributed by atoms with Gasteiger partial charge in [-0.1, -0.05) is 178 Å². The van der Waals surface area contributed by atoms with Gasteiger partial charge in [-0.15, -0.1) is 0 Å². The monoisotopic (exact) mass is 556 g/mol. The van der Waals surface area contributed by atoms with Crippen molar-refractivity contribution in [1.29, 1.82) is 0 Å². The van der Waals surface area contributed by atoms with Crippen molar-refractivity contribution in [2.45, 2.75) is 154 Å². The maximum atomic E-state index is 4.98. The molecule has 0 aliphatic heterocycles. The van der Waals surface area contributed by atoms with Gasteiger partial charge in [-0.25, -0.2) is 4.98 Å². The van der Waals surface area contributed by atoms with Gasteiger partial charge in [-0.05, 0) is 30.4 Å². The first-order valence-electron chi connectivity index (χ1n) is 17.3. The van der Waals surface area contributed by atoms with Crippen molar-refractivity contribution in [3.8, 4) is 0 Å². The molecule has 0 N–H and O–H groups in total. The SMILES string of the molecule is CCCCCCCCCCCCCCCCCCn1ccnc1C(CC)C(C)(Cc1ccccc1)c1ccccc1. The number of rotatable bonds is 23. The molecule has 0 radical (unpaired) electrons. The van der Waals surface area contributed by atoms with Crippen LogP contribution in [0.2, 0.25) is 0 Å². The fraction of sp³-hybridized carbons (Fsp3) is 0.615. The Hall–Kier alpha value is -2.35. The van der Waals surface area contributed by atoms with Crippen molar-refractivity contribution in [2.75, 3.05) is 0 Å². The third kappa shape index (κ3) is 11.4. The predicted molar refractivity (Wildman–Crippen MR) is 179 cm³/mol. The van der Waals surface area contributed by atoms with E-state index >= 15 is 0 Å². The summed E-state index contributed by atoms with van der Waals surface area (Å²) in [4.78, 5) is 4.98. The molecular formula is C39H60N2. The van der Waals surface area contributed by atoms with Crippen molar-refractivity contribution in [3.05, 3.63) is 90.0 Å². The van der Waals surface area contributed by atoms with Gasteiger partial charge in [0.2, 0.25) is 0 Å². The minimum absolute atomic E-state index is 0.0187. The first-order valence-corrected chi connectivity index (χ1v) is 17.3. The lowest BCUT2D eigenvalue weighted by molar-refractivity contribution is 0.338. The number of hydrogen-bond donors (Lipinski definition) is 0. The quantitative estimate of drug-likeness (QED) is 0.106. The molecule has 0 fully saturated rings. The number of nitrogens with zero attached hydrogens (tertiary/aromatic N) is 2. The third-order valence-corrected chi connectivity index (χ3v) is 9.34. The molecule has 0 bridgehead atoms. The molecule has 41 heavy (non-hydrogen) atoms. The van der Waals surface area contributed by atoms with E-state index in [9.17, 15) is 0 Å². The van der Waals surface area contributed by atoms with Gasteiger partial charge in [-0.2, -0.15) is 0 Å². The molecule has 0 aliphatic carbocycles. The lowest BCUT2D eigenvalue weighted by Gasteiger charge is -2.38. The van der Waals surface area contributed by atoms with E-state index in [4.69, 9.17) is 4.98 Å². The first kappa shape index (κ1) is 33.2. The zero-order chi connectivity index (χ0) is 29.0. The molecule has 2 atom stereocenters. The zero-order valence-electron chi connectivity index (χ0n) is 26.8. The van der Waals surface area contributed by atoms with Crippen LogP contribution in [0.5, 0.6) is 0 Å². The average molecular weight is 557 g/mol. The van der Waals surface area contributed by atoms with E-state index in [1.54, 1.807) is 0 Å². The molecule has 2 nitrogen and oxygen atoms in total. The second kappa shape index (κ2) is 19.7. The largest absolute Gasteiger partial charge is 0.335 e. The Morgan fingerprint density at radius 3 is 1.63 bits per heavy atom. The van der Waals surface area contributed by atoms with Crippen molar-refractivity contribution in [2.24, 2.45) is 0 Å². The number of aryl methyl sites for hydroxylation is 1. The van der Waals surface area contributed by atoms with Crippen LogP contribution in [0.3, 0.4) is 0 Å². The maximum absolute atomic E-state index is 4.98. The molecule has 2 unspecified atom stereocenters. The molecule has 1 heterocycles. The summed E-state index contributed by atoms with van der Waals surface area (Å²) in [5.74, 6) is 1.62. The summed E-state index contributed by atoms with van der Waals surface area (Å²) >= 11 is 0. The minimum atomic E-state index is -0.0187. The highest BCUT2D eigenvalue weighted by molar-refractivity contribution is 5.33. The van der Waals surface area contributed by atoms with E-state index in [1.165, 1.54) is 120 Å². The number of hydrogen-bond acceptors (Lipinski definition) is 1. The zero-order valence-corrected chi connectivity index (χ0v) is 26.8. The van der Waals surface area contributed by atoms with E-state index in [0.29, 0.717) is 5.92 Å². The smallest absolute Gasteiger partial charge is 0.112 e. The van der Waals surface area contributed by atoms with Crippen molar-refractivity contribution in [1.82, 2.24) is 9.55 Å². The summed E-state index contributed by atoms with van der Waals surface area (Å²) in [5, 5.41) is 0. The van der Waals surface area contributed by atoms with Crippen LogP contribution in [-0.4, -0.2) is 9.55 Å². The first-order chi connectivity index (χ1) is 20.2. The second-order valence-electron chi connectivity index (χ2n) is 12.7. The molecule has 2 aromatic carbocycles. The summed E-state index contributed by atoms with van der Waals surface area (Å²) in [6, 6.07) is 22.1. The number of unbranched alkanes of at least 4 members (excludes halogenated alkanes) is 15. The van der Waals surface area contributed by atoms with Crippen molar-refractivity contribution < 1.29 is 0 Å². The summed E-state index contributed by atoms with van der Waals surface area (Å²) < 4.78 is 2.46. The average Bonchev–Trinajstić information content (AvgIpc) is 3.46. The lowest BCUT2D eigenvalue weighted by atomic mass is 9.66. The molecule has 1 aromatic heterocycles. The van der Waals surface area contributed by atoms with Crippen LogP contribution in [0.15, 0.2) is 73.1 Å². The molecule has 3 aromatic rings. The third-order valence-electron chi connectivity index (χ3n) is 9.34. The molecular weight excluding hydrogens is 496 g/mol. The Kier molecular flexibility index (Phi) is 15.9. The van der Waals surface area contributed by atoms with Crippen LogP contribution >= 0.6 is 0 Å². The Bertz CT molecular complexity index is 1020. The minimum Gasteiger partial charge on any atom is -0.335 e. The van der Waals surface area contributed by atoms with Gasteiger partial charge < -0.3 is 4.57 Å². The van der Waals surface area contributed by atoms with E-state index in [2.05, 4.69) is 92.2 Å². The molecule has 0 spiro atoms. The number of aromatic nitrogens is 2. The van der Waals surface area contributed by atoms with Crippen LogP contribution in [0.25, 0.3) is 0 Å². The van der Waals surface area contributed by atoms with Crippen molar-refractivity contribution in [3.63, 3.8) is 0 Å². The Balaban J connectivity index is 1.40. The summed E-state index contributed by atoms with van der Waals surface area (Å²) in [6.45, 7) is 8.18. The molecule has 0 saturated heterocycles. The van der Waals surface area contributed by atoms with Gasteiger partial charge in [0.15, 0.2) is 0 Å². The van der Waals surface area contributed by atoms with Crippen LogP contribution in [-0.2, 0) is 18.4 Å². The van der Waals surface area contributed by atoms with Gasteiger partial charge in [-0.3, -0.25) is 0 Å². The van der Waals surface area contributed by atoms with Gasteiger partial charge in [0.25, 0.3) is 0 Å². The molecule has 226 valence electrons. The van der Waals surface area contributed by atoms with Crippen LogP contribution in [0.1, 0.15) is 153 Å². The molecule has 3 rings (SSSR count). The topological polar surface area (TPSA) is 17.8 Å². The van der Waals surface area contributed by atoms with E-state index in [1.807, 2.05) is 6.20 Å². The second-order valence-corrected chi connectivity index (χ2v) is 12.7. The van der Waals surface area contributed by atoms with Gasteiger partial charge in [0.1, 0.15) is 5.82 Å². The van der Waals surface area contributed by atoms with Crippen LogP contribution in [0, 0.1) is 0 Å². The maximum Gasteiger partial charge on any atom is 0.112 e. The number of benzene rings is 2. The molecule has 0 amide bonds. The summed E-state index contributed by atoms with van der Waals surface area (Å²) in [6.07, 6.45) is 28.9. The highest BCUT2D eigenvalue weighted by atomic mass is 15.1. The van der Waals surface area contributed by atoms with Crippen LogP contribution < -0.4 is 0 Å². The number of imidazole rings is 1. The van der Waals surface area contributed by atoms with Gasteiger partial charge in [0.05, 0.1) is 0 Å². The Labute approximate surface area is 253 Å².